The maximum atomic E-state index is 11.5. The summed E-state index contributed by atoms with van der Waals surface area (Å²) in [6.45, 7) is 3.91. The Morgan fingerprint density at radius 2 is 2.12 bits per heavy atom. The summed E-state index contributed by atoms with van der Waals surface area (Å²) in [5.74, 6) is 0. The van der Waals surface area contributed by atoms with Crippen LogP contribution >= 0.6 is 11.3 Å². The Kier molecular flexibility index (Phi) is 1.85. The largest absolute Gasteiger partial charge is 0.430 e. The summed E-state index contributed by atoms with van der Waals surface area (Å²) < 4.78 is 5.46. The molecule has 0 spiro atoms. The molecule has 0 aliphatic carbocycles. The minimum absolute atomic E-state index is 0.308. The Morgan fingerprint density at radius 1 is 1.31 bits per heavy atom. The molecule has 0 saturated heterocycles. The van der Waals surface area contributed by atoms with E-state index in [1.165, 1.54) is 17.6 Å². The molecule has 3 aromatic rings. The van der Waals surface area contributed by atoms with E-state index in [1.807, 2.05) is 19.9 Å². The van der Waals surface area contributed by atoms with E-state index in [0.717, 1.165) is 26.9 Å². The minimum atomic E-state index is -0.308. The van der Waals surface area contributed by atoms with Crippen molar-refractivity contribution >= 4 is 31.6 Å². The molecule has 80 valence electrons. The van der Waals surface area contributed by atoms with Gasteiger partial charge in [0, 0.05) is 10.8 Å². The van der Waals surface area contributed by atoms with Crippen LogP contribution in [0.3, 0.4) is 0 Å². The monoisotopic (exact) mass is 232 g/mol. The quantitative estimate of drug-likeness (QED) is 0.597. The number of aryl methyl sites for hydroxylation is 2. The van der Waals surface area contributed by atoms with Crippen LogP contribution in [0.2, 0.25) is 0 Å². The van der Waals surface area contributed by atoms with Crippen molar-refractivity contribution in [3.05, 3.63) is 34.0 Å². The minimum Gasteiger partial charge on any atom is -0.430 e. The van der Waals surface area contributed by atoms with E-state index < -0.39 is 0 Å². The fraction of sp³-hybridized carbons (Fsp3) is 0.182. The topological polar surface area (TPSA) is 56.0 Å². The molecule has 3 rings (SSSR count). The van der Waals surface area contributed by atoms with Gasteiger partial charge in [0.25, 0.3) is 0 Å². The van der Waals surface area contributed by atoms with Gasteiger partial charge in [0.1, 0.15) is 9.53 Å². The Labute approximate surface area is 94.5 Å². The molecule has 4 nitrogen and oxygen atoms in total. The number of hydrogen-bond donors (Lipinski definition) is 0. The number of thiophene rings is 1. The fourth-order valence-electron chi connectivity index (χ4n) is 1.77. The van der Waals surface area contributed by atoms with E-state index in [0.29, 0.717) is 4.70 Å². The summed E-state index contributed by atoms with van der Waals surface area (Å²) in [5.41, 5.74) is 1.65. The van der Waals surface area contributed by atoms with Gasteiger partial charge < -0.3 is 4.42 Å². The van der Waals surface area contributed by atoms with Gasteiger partial charge in [-0.2, -0.15) is 5.10 Å². The van der Waals surface area contributed by atoms with Gasteiger partial charge in [-0.1, -0.05) is 0 Å². The standard InChI is InChI=1S/C11H8N2O2S/c1-5-6(2)12-13-10-8(5)7-3-4-15-11(14)9(7)16-10/h3-4H,1-2H3. The molecule has 0 N–H and O–H groups in total. The maximum Gasteiger partial charge on any atom is 0.353 e. The third kappa shape index (κ3) is 1.12. The van der Waals surface area contributed by atoms with E-state index in [2.05, 4.69) is 10.2 Å². The molecule has 0 saturated carbocycles. The molecule has 0 fully saturated rings. The van der Waals surface area contributed by atoms with Crippen LogP contribution in [0, 0.1) is 13.8 Å². The predicted molar refractivity (Wildman–Crippen MR) is 62.9 cm³/mol. The highest BCUT2D eigenvalue weighted by Crippen LogP contribution is 2.32. The lowest BCUT2D eigenvalue weighted by molar-refractivity contribution is 0.520. The highest BCUT2D eigenvalue weighted by Gasteiger charge is 2.13. The van der Waals surface area contributed by atoms with Crippen LogP contribution in [-0.4, -0.2) is 10.2 Å². The zero-order valence-corrected chi connectivity index (χ0v) is 9.59. The maximum absolute atomic E-state index is 11.5. The van der Waals surface area contributed by atoms with E-state index in [9.17, 15) is 4.79 Å². The Morgan fingerprint density at radius 3 is 2.94 bits per heavy atom. The number of rotatable bonds is 0. The van der Waals surface area contributed by atoms with Crippen molar-refractivity contribution in [3.63, 3.8) is 0 Å². The first kappa shape index (κ1) is 9.47. The van der Waals surface area contributed by atoms with Crippen molar-refractivity contribution in [2.75, 3.05) is 0 Å². The summed E-state index contributed by atoms with van der Waals surface area (Å²) in [6, 6.07) is 1.81. The summed E-state index contributed by atoms with van der Waals surface area (Å²) in [4.78, 5) is 12.3. The molecule has 0 radical (unpaired) electrons. The molecule has 0 aromatic carbocycles. The van der Waals surface area contributed by atoms with Crippen LogP contribution in [0.5, 0.6) is 0 Å². The van der Waals surface area contributed by atoms with Crippen LogP contribution in [0.15, 0.2) is 21.5 Å². The highest BCUT2D eigenvalue weighted by atomic mass is 32.1. The number of nitrogens with zero attached hydrogens (tertiary/aromatic N) is 2. The molecule has 0 amide bonds. The van der Waals surface area contributed by atoms with Crippen LogP contribution < -0.4 is 5.63 Å². The fourth-order valence-corrected chi connectivity index (χ4v) is 2.82. The van der Waals surface area contributed by atoms with Gasteiger partial charge in [-0.15, -0.1) is 16.4 Å². The SMILES string of the molecule is Cc1nnc2sc3c(=O)occc3c2c1C. The molecule has 5 heteroatoms. The van der Waals surface area contributed by atoms with E-state index in [1.54, 1.807) is 0 Å². The highest BCUT2D eigenvalue weighted by molar-refractivity contribution is 7.25. The van der Waals surface area contributed by atoms with Crippen molar-refractivity contribution in [2.45, 2.75) is 13.8 Å². The van der Waals surface area contributed by atoms with Gasteiger partial charge in [-0.05, 0) is 25.5 Å². The van der Waals surface area contributed by atoms with Crippen molar-refractivity contribution in [2.24, 2.45) is 0 Å². The van der Waals surface area contributed by atoms with Crippen LogP contribution in [0.1, 0.15) is 11.3 Å². The Bertz CT molecular complexity index is 758. The van der Waals surface area contributed by atoms with E-state index >= 15 is 0 Å². The Hall–Kier alpha value is -1.75. The first-order valence-corrected chi connectivity index (χ1v) is 5.64. The van der Waals surface area contributed by atoms with Crippen LogP contribution in [-0.2, 0) is 0 Å². The van der Waals surface area contributed by atoms with E-state index in [-0.39, 0.29) is 5.63 Å². The van der Waals surface area contributed by atoms with Crippen molar-refractivity contribution < 1.29 is 4.42 Å². The average molecular weight is 232 g/mol. The molecule has 0 aliphatic rings. The second-order valence-electron chi connectivity index (χ2n) is 3.64. The van der Waals surface area contributed by atoms with Crippen LogP contribution in [0.4, 0.5) is 0 Å². The number of hydrogen-bond acceptors (Lipinski definition) is 5. The lowest BCUT2D eigenvalue weighted by Gasteiger charge is -1.98. The van der Waals surface area contributed by atoms with Gasteiger partial charge in [0.2, 0.25) is 0 Å². The van der Waals surface area contributed by atoms with Gasteiger partial charge in [-0.25, -0.2) is 4.79 Å². The molecule has 0 atom stereocenters. The lowest BCUT2D eigenvalue weighted by atomic mass is 10.1. The molecule has 3 aromatic heterocycles. The first-order valence-electron chi connectivity index (χ1n) is 4.82. The second kappa shape index (κ2) is 3.12. The van der Waals surface area contributed by atoms with Gasteiger partial charge in [0.05, 0.1) is 12.0 Å². The van der Waals surface area contributed by atoms with Crippen LogP contribution in [0.25, 0.3) is 20.3 Å². The second-order valence-corrected chi connectivity index (χ2v) is 4.64. The third-order valence-electron chi connectivity index (χ3n) is 2.73. The zero-order valence-electron chi connectivity index (χ0n) is 8.77. The van der Waals surface area contributed by atoms with E-state index in [4.69, 9.17) is 4.42 Å². The Balaban J connectivity index is 2.68. The van der Waals surface area contributed by atoms with Gasteiger partial charge >= 0.3 is 5.63 Å². The molecular formula is C11H8N2O2S. The average Bonchev–Trinajstić information content (AvgIpc) is 2.64. The summed E-state index contributed by atoms with van der Waals surface area (Å²) in [5, 5.41) is 10.1. The lowest BCUT2D eigenvalue weighted by Crippen LogP contribution is -1.94. The van der Waals surface area contributed by atoms with Crippen molar-refractivity contribution in [1.29, 1.82) is 0 Å². The molecular weight excluding hydrogens is 224 g/mol. The summed E-state index contributed by atoms with van der Waals surface area (Å²) in [7, 11) is 0. The normalized spacial score (nSPS) is 11.4. The number of fused-ring (bicyclic) bond motifs is 3. The zero-order chi connectivity index (χ0) is 11.3. The van der Waals surface area contributed by atoms with Gasteiger partial charge in [0.15, 0.2) is 0 Å². The predicted octanol–water partition coefficient (Wildman–Crippen LogP) is 2.41. The first-order chi connectivity index (χ1) is 7.68. The molecule has 16 heavy (non-hydrogen) atoms. The smallest absolute Gasteiger partial charge is 0.353 e. The molecule has 3 heterocycles. The third-order valence-corrected chi connectivity index (χ3v) is 3.80. The summed E-state index contributed by atoms with van der Waals surface area (Å²) >= 11 is 1.33. The molecule has 0 bridgehead atoms. The van der Waals surface area contributed by atoms with Crippen molar-refractivity contribution in [1.82, 2.24) is 10.2 Å². The van der Waals surface area contributed by atoms with Gasteiger partial charge in [-0.3, -0.25) is 0 Å². The molecule has 0 aliphatic heterocycles. The number of aromatic nitrogens is 2. The summed E-state index contributed by atoms with van der Waals surface area (Å²) in [6.07, 6.45) is 1.42. The molecule has 0 unspecified atom stereocenters. The van der Waals surface area contributed by atoms with Crippen molar-refractivity contribution in [3.8, 4) is 0 Å².